The van der Waals surface area contributed by atoms with Crippen molar-refractivity contribution in [2.24, 2.45) is 0 Å². The van der Waals surface area contributed by atoms with Crippen LogP contribution < -0.4 is 15.0 Å². The van der Waals surface area contributed by atoms with Crippen molar-refractivity contribution in [2.45, 2.75) is 50.6 Å². The zero-order valence-corrected chi connectivity index (χ0v) is 15.7. The second-order valence-electron chi connectivity index (χ2n) is 6.86. The van der Waals surface area contributed by atoms with E-state index in [9.17, 15) is 10.1 Å². The quantitative estimate of drug-likeness (QED) is 0.777. The maximum absolute atomic E-state index is 12.5. The average Bonchev–Trinajstić information content (AvgIpc) is 2.63. The van der Waals surface area contributed by atoms with Crippen molar-refractivity contribution in [1.29, 1.82) is 5.26 Å². The Morgan fingerprint density at radius 2 is 2.00 bits per heavy atom. The van der Waals surface area contributed by atoms with Crippen LogP contribution in [-0.4, -0.2) is 37.7 Å². The third-order valence-corrected chi connectivity index (χ3v) is 5.25. The van der Waals surface area contributed by atoms with E-state index in [-0.39, 0.29) is 11.9 Å². The molecule has 1 aliphatic rings. The number of quaternary nitrogens is 1. The van der Waals surface area contributed by atoms with E-state index < -0.39 is 5.54 Å². The predicted octanol–water partition coefficient (Wildman–Crippen LogP) is 1.96. The highest BCUT2D eigenvalue weighted by atomic mass is 35.5. The molecule has 1 fully saturated rings. The largest absolute Gasteiger partial charge is 0.488 e. The summed E-state index contributed by atoms with van der Waals surface area (Å²) in [5.41, 5.74) is -0.677. The van der Waals surface area contributed by atoms with Gasteiger partial charge in [-0.3, -0.25) is 4.79 Å². The minimum atomic E-state index is -0.677. The van der Waals surface area contributed by atoms with Gasteiger partial charge < -0.3 is 15.0 Å². The van der Waals surface area contributed by atoms with Crippen molar-refractivity contribution in [3.63, 3.8) is 0 Å². The first kappa shape index (κ1) is 19.6. The van der Waals surface area contributed by atoms with Gasteiger partial charge in [0.05, 0.1) is 13.1 Å². The zero-order valence-electron chi connectivity index (χ0n) is 15.0. The number of nitrogens with one attached hydrogen (secondary N) is 2. The third-order valence-electron chi connectivity index (χ3n) is 4.99. The van der Waals surface area contributed by atoms with E-state index in [0.29, 0.717) is 18.2 Å². The summed E-state index contributed by atoms with van der Waals surface area (Å²) in [5.74, 6) is 0.701. The number of amides is 1. The van der Waals surface area contributed by atoms with Gasteiger partial charge in [0.25, 0.3) is 5.91 Å². The summed E-state index contributed by atoms with van der Waals surface area (Å²) in [6.45, 7) is 3.09. The molecule has 0 saturated heterocycles. The lowest BCUT2D eigenvalue weighted by Crippen LogP contribution is -3.14. The Kier molecular flexibility index (Phi) is 7.10. The number of benzene rings is 1. The summed E-state index contributed by atoms with van der Waals surface area (Å²) in [4.78, 5) is 13.6. The lowest BCUT2D eigenvalue weighted by atomic mass is 9.82. The SMILES string of the molecule is C[C@@H](C(=O)NC1(C#N)CCCCC1)[NH+](C)CCOc1ccc(Cl)cc1. The summed E-state index contributed by atoms with van der Waals surface area (Å²) in [5, 5.41) is 13.2. The van der Waals surface area contributed by atoms with Crippen LogP contribution in [0.5, 0.6) is 5.75 Å². The number of nitrogens with zero attached hydrogens (tertiary/aromatic N) is 1. The van der Waals surface area contributed by atoms with Crippen LogP contribution in [0, 0.1) is 11.3 Å². The Labute approximate surface area is 154 Å². The highest BCUT2D eigenvalue weighted by molar-refractivity contribution is 6.30. The number of likely N-dealkylation sites (N-methyl/N-ethyl adjacent to an activating group) is 1. The lowest BCUT2D eigenvalue weighted by Gasteiger charge is -2.33. The second-order valence-corrected chi connectivity index (χ2v) is 7.30. The van der Waals surface area contributed by atoms with Crippen molar-refractivity contribution in [3.8, 4) is 11.8 Å². The summed E-state index contributed by atoms with van der Waals surface area (Å²) in [6.07, 6.45) is 4.64. The van der Waals surface area contributed by atoms with E-state index in [4.69, 9.17) is 16.3 Å². The molecule has 2 N–H and O–H groups in total. The first-order chi connectivity index (χ1) is 12.0. The van der Waals surface area contributed by atoms with Crippen LogP contribution in [0.4, 0.5) is 0 Å². The van der Waals surface area contributed by atoms with Gasteiger partial charge >= 0.3 is 0 Å². The Morgan fingerprint density at radius 3 is 2.60 bits per heavy atom. The first-order valence-electron chi connectivity index (χ1n) is 8.90. The Bertz CT molecular complexity index is 606. The molecule has 5 nitrogen and oxygen atoms in total. The van der Waals surface area contributed by atoms with Gasteiger partial charge in [0.15, 0.2) is 6.04 Å². The molecule has 0 aliphatic heterocycles. The van der Waals surface area contributed by atoms with E-state index in [1.807, 2.05) is 26.1 Å². The summed E-state index contributed by atoms with van der Waals surface area (Å²) < 4.78 is 5.69. The molecule has 1 aromatic carbocycles. The predicted molar refractivity (Wildman–Crippen MR) is 97.7 cm³/mol. The average molecular weight is 365 g/mol. The van der Waals surface area contributed by atoms with Crippen LogP contribution in [0.25, 0.3) is 0 Å². The fourth-order valence-electron chi connectivity index (χ4n) is 3.07. The molecule has 136 valence electrons. The fraction of sp³-hybridized carbons (Fsp3) is 0.579. The van der Waals surface area contributed by atoms with E-state index >= 15 is 0 Å². The molecule has 25 heavy (non-hydrogen) atoms. The molecule has 0 aromatic heterocycles. The van der Waals surface area contributed by atoms with Gasteiger partial charge in [0, 0.05) is 5.02 Å². The molecular formula is C19H27ClN3O2+. The number of nitriles is 1. The van der Waals surface area contributed by atoms with Gasteiger partial charge in [-0.05, 0) is 44.0 Å². The molecule has 1 aliphatic carbocycles. The molecule has 0 heterocycles. The smallest absolute Gasteiger partial charge is 0.279 e. The molecule has 1 saturated carbocycles. The molecule has 0 bridgehead atoms. The number of carbonyl (C=O) groups is 1. The maximum Gasteiger partial charge on any atom is 0.279 e. The van der Waals surface area contributed by atoms with Crippen molar-refractivity contribution in [1.82, 2.24) is 5.32 Å². The minimum Gasteiger partial charge on any atom is -0.488 e. The maximum atomic E-state index is 12.5. The van der Waals surface area contributed by atoms with E-state index in [0.717, 1.165) is 42.8 Å². The number of ether oxygens (including phenoxy) is 1. The fourth-order valence-corrected chi connectivity index (χ4v) is 3.19. The van der Waals surface area contributed by atoms with Crippen LogP contribution in [0.2, 0.25) is 5.02 Å². The molecule has 2 atom stereocenters. The number of rotatable bonds is 7. The number of halogens is 1. The number of hydrogen-bond donors (Lipinski definition) is 2. The van der Waals surface area contributed by atoms with Crippen LogP contribution >= 0.6 is 11.6 Å². The normalized spacial score (nSPS) is 18.6. The molecule has 0 spiro atoms. The van der Waals surface area contributed by atoms with Crippen LogP contribution in [-0.2, 0) is 4.79 Å². The minimum absolute atomic E-state index is 0.0626. The Morgan fingerprint density at radius 1 is 1.36 bits per heavy atom. The molecule has 1 unspecified atom stereocenters. The molecule has 1 amide bonds. The van der Waals surface area contributed by atoms with Gasteiger partial charge in [-0.25, -0.2) is 0 Å². The highest BCUT2D eigenvalue weighted by Crippen LogP contribution is 2.27. The highest BCUT2D eigenvalue weighted by Gasteiger charge is 2.36. The molecule has 2 rings (SSSR count). The van der Waals surface area contributed by atoms with E-state index in [1.54, 1.807) is 12.1 Å². The number of hydrogen-bond acceptors (Lipinski definition) is 3. The van der Waals surface area contributed by atoms with Gasteiger partial charge in [0.2, 0.25) is 0 Å². The van der Waals surface area contributed by atoms with E-state index in [2.05, 4.69) is 11.4 Å². The number of carbonyl (C=O) groups excluding carboxylic acids is 1. The van der Waals surface area contributed by atoms with Crippen LogP contribution in [0.1, 0.15) is 39.0 Å². The zero-order chi connectivity index (χ0) is 18.3. The Hall–Kier alpha value is -1.77. The summed E-state index contributed by atoms with van der Waals surface area (Å²) in [7, 11) is 1.97. The molecule has 1 aromatic rings. The van der Waals surface area contributed by atoms with Crippen LogP contribution in [0.15, 0.2) is 24.3 Å². The molecular weight excluding hydrogens is 338 g/mol. The van der Waals surface area contributed by atoms with Crippen molar-refractivity contribution < 1.29 is 14.4 Å². The van der Waals surface area contributed by atoms with Gasteiger partial charge in [0.1, 0.15) is 24.4 Å². The standard InChI is InChI=1S/C19H26ClN3O2/c1-15(18(24)22-19(14-21)10-4-3-5-11-19)23(2)12-13-25-17-8-6-16(20)7-9-17/h6-9,15H,3-5,10-13H2,1-2H3,(H,22,24)/p+1/t15-/m0/s1. The topological polar surface area (TPSA) is 66.6 Å². The van der Waals surface area contributed by atoms with Gasteiger partial charge in [-0.1, -0.05) is 30.9 Å². The second kappa shape index (κ2) is 9.07. The summed E-state index contributed by atoms with van der Waals surface area (Å²) in [6, 6.07) is 9.33. The first-order valence-corrected chi connectivity index (χ1v) is 9.27. The van der Waals surface area contributed by atoms with Crippen molar-refractivity contribution in [3.05, 3.63) is 29.3 Å². The lowest BCUT2D eigenvalue weighted by molar-refractivity contribution is -0.894. The molecule has 0 radical (unpaired) electrons. The summed E-state index contributed by atoms with van der Waals surface area (Å²) >= 11 is 5.85. The Balaban J connectivity index is 1.80. The monoisotopic (exact) mass is 364 g/mol. The van der Waals surface area contributed by atoms with Crippen LogP contribution in [0.3, 0.4) is 0 Å². The van der Waals surface area contributed by atoms with Crippen molar-refractivity contribution >= 4 is 17.5 Å². The molecule has 6 heteroatoms. The van der Waals surface area contributed by atoms with Gasteiger partial charge in [-0.2, -0.15) is 5.26 Å². The van der Waals surface area contributed by atoms with Crippen molar-refractivity contribution in [2.75, 3.05) is 20.2 Å². The van der Waals surface area contributed by atoms with Gasteiger partial charge in [-0.15, -0.1) is 0 Å². The van der Waals surface area contributed by atoms with E-state index in [1.165, 1.54) is 0 Å². The third kappa shape index (κ3) is 5.62.